The van der Waals surface area contributed by atoms with Crippen LogP contribution in [-0.4, -0.2) is 35.2 Å². The van der Waals surface area contributed by atoms with Crippen LogP contribution in [-0.2, 0) is 28.5 Å². The number of benzene rings is 2. The molecule has 4 nitrogen and oxygen atoms in total. The van der Waals surface area contributed by atoms with Gasteiger partial charge in [-0.25, -0.2) is 0 Å². The zero-order valence-electron chi connectivity index (χ0n) is 16.8. The zero-order chi connectivity index (χ0) is 23.5. The maximum Gasteiger partial charge on any atom is 0.416 e. The average Bonchev–Trinajstić information content (AvgIpc) is 2.71. The highest BCUT2D eigenvalue weighted by molar-refractivity contribution is 5.69. The van der Waals surface area contributed by atoms with E-state index < -0.39 is 48.2 Å². The van der Waals surface area contributed by atoms with Crippen molar-refractivity contribution in [3.63, 3.8) is 0 Å². The standard InChI is InChI=1S/C22H21F6NO3/c23-21(24,25)16-9-14(10-17(11-16)22(26,27)28)13-32-18-7-4-8-29(12-19(30)31)20(18)15-5-2-1-3-6-15/h1-3,5-6,9-11,18,20H,4,7-8,12-13H2,(H,30,31)/t18-,20-/m0/s1. The summed E-state index contributed by atoms with van der Waals surface area (Å²) in [5, 5.41) is 9.24. The van der Waals surface area contributed by atoms with Gasteiger partial charge in [0.2, 0.25) is 0 Å². The molecule has 0 radical (unpaired) electrons. The number of aliphatic carboxylic acids is 1. The number of alkyl halides is 6. The van der Waals surface area contributed by atoms with Crippen LogP contribution in [0.2, 0.25) is 0 Å². The van der Waals surface area contributed by atoms with Crippen molar-refractivity contribution in [2.75, 3.05) is 13.1 Å². The molecule has 0 saturated carbocycles. The molecule has 0 aliphatic carbocycles. The average molecular weight is 461 g/mol. The van der Waals surface area contributed by atoms with E-state index in [1.807, 2.05) is 0 Å². The van der Waals surface area contributed by atoms with Gasteiger partial charge in [0, 0.05) is 0 Å². The molecule has 1 N–H and O–H groups in total. The van der Waals surface area contributed by atoms with Crippen LogP contribution in [0.3, 0.4) is 0 Å². The highest BCUT2D eigenvalue weighted by atomic mass is 19.4. The summed E-state index contributed by atoms with van der Waals surface area (Å²) in [6.07, 6.45) is -9.41. The monoisotopic (exact) mass is 461 g/mol. The molecule has 0 amide bonds. The normalized spacial score (nSPS) is 20.3. The first-order valence-corrected chi connectivity index (χ1v) is 9.86. The van der Waals surface area contributed by atoms with E-state index in [-0.39, 0.29) is 18.2 Å². The Morgan fingerprint density at radius 1 is 1.00 bits per heavy atom. The van der Waals surface area contributed by atoms with E-state index >= 15 is 0 Å². The van der Waals surface area contributed by atoms with Crippen LogP contribution in [0.5, 0.6) is 0 Å². The van der Waals surface area contributed by atoms with Gasteiger partial charge in [0.1, 0.15) is 0 Å². The third-order valence-corrected chi connectivity index (χ3v) is 5.27. The molecule has 3 rings (SSSR count). The number of carboxylic acids is 1. The SMILES string of the molecule is O=C(O)CN1CCC[C@H](OCc2cc(C(F)(F)F)cc(C(F)(F)F)c2)[C@@H]1c1ccccc1. The lowest BCUT2D eigenvalue weighted by molar-refractivity contribution is -0.143. The van der Waals surface area contributed by atoms with E-state index in [4.69, 9.17) is 4.74 Å². The molecule has 1 aliphatic rings. The predicted molar refractivity (Wildman–Crippen MR) is 103 cm³/mol. The number of piperidine rings is 1. The highest BCUT2D eigenvalue weighted by Crippen LogP contribution is 2.38. The number of nitrogens with zero attached hydrogens (tertiary/aromatic N) is 1. The fourth-order valence-electron chi connectivity index (χ4n) is 3.93. The fourth-order valence-corrected chi connectivity index (χ4v) is 3.93. The summed E-state index contributed by atoms with van der Waals surface area (Å²) in [6.45, 7) is -0.253. The van der Waals surface area contributed by atoms with Crippen LogP contribution in [0.25, 0.3) is 0 Å². The lowest BCUT2D eigenvalue weighted by Crippen LogP contribution is -2.45. The van der Waals surface area contributed by atoms with Crippen molar-refractivity contribution in [2.24, 2.45) is 0 Å². The molecule has 1 saturated heterocycles. The molecule has 0 aromatic heterocycles. The predicted octanol–water partition coefficient (Wildman–Crippen LogP) is 5.53. The summed E-state index contributed by atoms with van der Waals surface area (Å²) >= 11 is 0. The summed E-state index contributed by atoms with van der Waals surface area (Å²) in [5.74, 6) is -1.04. The number of halogens is 6. The molecule has 0 bridgehead atoms. The fraction of sp³-hybridized carbons (Fsp3) is 0.409. The van der Waals surface area contributed by atoms with Gasteiger partial charge in [0.25, 0.3) is 0 Å². The van der Waals surface area contributed by atoms with E-state index in [0.717, 1.165) is 5.56 Å². The van der Waals surface area contributed by atoms with Crippen LogP contribution in [0.1, 0.15) is 41.1 Å². The Bertz CT molecular complexity index is 897. The molecule has 2 aromatic carbocycles. The van der Waals surface area contributed by atoms with Gasteiger partial charge in [-0.15, -0.1) is 0 Å². The minimum atomic E-state index is -4.94. The van der Waals surface area contributed by atoms with Crippen LogP contribution in [0.15, 0.2) is 48.5 Å². The first kappa shape index (κ1) is 24.1. The summed E-state index contributed by atoms with van der Waals surface area (Å²) in [4.78, 5) is 13.0. The van der Waals surface area contributed by atoms with Gasteiger partial charge in [-0.1, -0.05) is 30.3 Å². The minimum absolute atomic E-state index is 0.0749. The number of hydrogen-bond donors (Lipinski definition) is 1. The molecular weight excluding hydrogens is 440 g/mol. The third kappa shape index (κ3) is 6.01. The van der Waals surface area contributed by atoms with E-state index in [1.54, 1.807) is 35.2 Å². The minimum Gasteiger partial charge on any atom is -0.480 e. The molecule has 1 heterocycles. The molecule has 0 spiro atoms. The Morgan fingerprint density at radius 3 is 2.12 bits per heavy atom. The van der Waals surface area contributed by atoms with Crippen molar-refractivity contribution >= 4 is 5.97 Å². The number of carbonyl (C=O) groups is 1. The Kier molecular flexibility index (Phi) is 7.14. The summed E-state index contributed by atoms with van der Waals surface area (Å²) in [6, 6.07) is 9.76. The van der Waals surface area contributed by atoms with Gasteiger partial charge in [0.15, 0.2) is 0 Å². The van der Waals surface area contributed by atoms with Crippen molar-refractivity contribution in [1.82, 2.24) is 4.90 Å². The molecule has 32 heavy (non-hydrogen) atoms. The molecule has 174 valence electrons. The van der Waals surface area contributed by atoms with Crippen LogP contribution in [0.4, 0.5) is 26.3 Å². The number of rotatable bonds is 6. The number of likely N-dealkylation sites (tertiary alicyclic amines) is 1. The van der Waals surface area contributed by atoms with Gasteiger partial charge in [0.05, 0.1) is 36.4 Å². The van der Waals surface area contributed by atoms with Gasteiger partial charge >= 0.3 is 18.3 Å². The smallest absolute Gasteiger partial charge is 0.416 e. The molecule has 2 atom stereocenters. The van der Waals surface area contributed by atoms with E-state index in [1.165, 1.54) is 0 Å². The number of carboxylic acid groups (broad SMARTS) is 1. The van der Waals surface area contributed by atoms with E-state index in [2.05, 4.69) is 0 Å². The van der Waals surface area contributed by atoms with Crippen molar-refractivity contribution < 1.29 is 41.0 Å². The molecule has 2 aromatic rings. The molecule has 1 fully saturated rings. The number of ether oxygens (including phenoxy) is 1. The summed E-state index contributed by atoms with van der Waals surface area (Å²) in [7, 11) is 0. The van der Waals surface area contributed by atoms with E-state index in [9.17, 15) is 36.2 Å². The first-order valence-electron chi connectivity index (χ1n) is 9.86. The van der Waals surface area contributed by atoms with E-state index in [0.29, 0.717) is 31.5 Å². The van der Waals surface area contributed by atoms with Crippen LogP contribution < -0.4 is 0 Å². The second-order valence-corrected chi connectivity index (χ2v) is 7.63. The van der Waals surface area contributed by atoms with Gasteiger partial charge < -0.3 is 9.84 Å². The Hall–Kier alpha value is -2.59. The molecule has 1 aliphatic heterocycles. The van der Waals surface area contributed by atoms with Gasteiger partial charge in [-0.05, 0) is 48.7 Å². The largest absolute Gasteiger partial charge is 0.480 e. The molecular formula is C22H21F6NO3. The maximum atomic E-state index is 13.1. The van der Waals surface area contributed by atoms with Crippen molar-refractivity contribution in [2.45, 2.75) is 43.9 Å². The first-order chi connectivity index (χ1) is 14.9. The maximum absolute atomic E-state index is 13.1. The summed E-state index contributed by atoms with van der Waals surface area (Å²) < 4.78 is 84.5. The highest BCUT2D eigenvalue weighted by Gasteiger charge is 2.38. The quantitative estimate of drug-likeness (QED) is 0.575. The zero-order valence-corrected chi connectivity index (χ0v) is 16.8. The Balaban J connectivity index is 1.87. The molecule has 10 heteroatoms. The number of hydrogen-bond acceptors (Lipinski definition) is 3. The van der Waals surface area contributed by atoms with Crippen molar-refractivity contribution in [1.29, 1.82) is 0 Å². The van der Waals surface area contributed by atoms with Crippen LogP contribution in [0, 0.1) is 0 Å². The van der Waals surface area contributed by atoms with Crippen molar-refractivity contribution in [3.05, 3.63) is 70.8 Å². The van der Waals surface area contributed by atoms with Gasteiger partial charge in [-0.3, -0.25) is 9.69 Å². The Labute approximate surface area is 180 Å². The Morgan fingerprint density at radius 2 is 1.59 bits per heavy atom. The van der Waals surface area contributed by atoms with Gasteiger partial charge in [-0.2, -0.15) is 26.3 Å². The van der Waals surface area contributed by atoms with Crippen LogP contribution >= 0.6 is 0 Å². The van der Waals surface area contributed by atoms with Crippen molar-refractivity contribution in [3.8, 4) is 0 Å². The lowest BCUT2D eigenvalue weighted by atomic mass is 9.92. The summed E-state index contributed by atoms with van der Waals surface area (Å²) in [5.41, 5.74) is -2.30. The third-order valence-electron chi connectivity index (χ3n) is 5.27. The molecule has 0 unspecified atom stereocenters. The second-order valence-electron chi connectivity index (χ2n) is 7.63. The second kappa shape index (κ2) is 9.50. The lowest BCUT2D eigenvalue weighted by Gasteiger charge is -2.40. The topological polar surface area (TPSA) is 49.8 Å².